The summed E-state index contributed by atoms with van der Waals surface area (Å²) in [5, 5.41) is 4.90. The van der Waals surface area contributed by atoms with Gasteiger partial charge in [-0.1, -0.05) is 38.1 Å². The van der Waals surface area contributed by atoms with Crippen molar-refractivity contribution in [2.45, 2.75) is 39.8 Å². The van der Waals surface area contributed by atoms with Crippen molar-refractivity contribution in [2.24, 2.45) is 0 Å². The van der Waals surface area contributed by atoms with Crippen LogP contribution >= 0.6 is 11.3 Å². The maximum atomic E-state index is 12.7. The van der Waals surface area contributed by atoms with Gasteiger partial charge in [0.05, 0.1) is 44.0 Å². The van der Waals surface area contributed by atoms with E-state index < -0.39 is 6.09 Å². The van der Waals surface area contributed by atoms with Gasteiger partial charge in [-0.15, -0.1) is 11.3 Å². The van der Waals surface area contributed by atoms with Crippen molar-refractivity contribution in [2.75, 3.05) is 33.8 Å². The summed E-state index contributed by atoms with van der Waals surface area (Å²) in [5.41, 5.74) is 4.07. The van der Waals surface area contributed by atoms with Gasteiger partial charge in [-0.05, 0) is 38.6 Å². The van der Waals surface area contributed by atoms with Crippen LogP contribution in [0.25, 0.3) is 42.7 Å². The van der Waals surface area contributed by atoms with Crippen LogP contribution in [-0.4, -0.2) is 75.5 Å². The molecule has 3 N–H and O–H groups in total. The third kappa shape index (κ3) is 6.63. The van der Waals surface area contributed by atoms with Crippen molar-refractivity contribution in [3.63, 3.8) is 0 Å². The number of hydrogen-bond acceptors (Lipinski definition) is 7. The van der Waals surface area contributed by atoms with E-state index in [1.807, 2.05) is 13.1 Å². The van der Waals surface area contributed by atoms with Crippen LogP contribution in [0.5, 0.6) is 0 Å². The van der Waals surface area contributed by atoms with Crippen molar-refractivity contribution in [3.05, 3.63) is 60.4 Å². The fourth-order valence-electron chi connectivity index (χ4n) is 5.08. The number of thiophene rings is 1. The van der Waals surface area contributed by atoms with Gasteiger partial charge in [0.25, 0.3) is 0 Å². The van der Waals surface area contributed by atoms with E-state index in [-0.39, 0.29) is 12.5 Å². The van der Waals surface area contributed by atoms with Crippen LogP contribution < -0.4 is 5.32 Å². The Bertz CT molecular complexity index is 1690. The monoisotopic (exact) mass is 587 g/mol. The van der Waals surface area contributed by atoms with Gasteiger partial charge in [-0.2, -0.15) is 0 Å². The number of nitrogens with one attached hydrogen (secondary N) is 3. The third-order valence-corrected chi connectivity index (χ3v) is 8.25. The van der Waals surface area contributed by atoms with Crippen LogP contribution in [0, 0.1) is 0 Å². The highest BCUT2D eigenvalue weighted by Crippen LogP contribution is 2.38. The molecule has 0 saturated heterocycles. The molecule has 0 saturated carbocycles. The fourth-order valence-corrected chi connectivity index (χ4v) is 6.27. The second-order valence-corrected chi connectivity index (χ2v) is 11.5. The number of amides is 2. The number of fused-ring (bicyclic) bond motifs is 3. The fraction of sp³-hybridized carbons (Fsp3) is 0.355. The van der Waals surface area contributed by atoms with E-state index in [4.69, 9.17) is 0 Å². The number of aromatic nitrogens is 4. The van der Waals surface area contributed by atoms with E-state index in [9.17, 15) is 9.59 Å². The van der Waals surface area contributed by atoms with Crippen LogP contribution in [0.3, 0.4) is 0 Å². The molecule has 0 bridgehead atoms. The molecule has 11 heteroatoms. The zero-order chi connectivity index (χ0) is 29.6. The summed E-state index contributed by atoms with van der Waals surface area (Å²) >= 11 is 1.77. The van der Waals surface area contributed by atoms with Crippen molar-refractivity contribution < 1.29 is 14.3 Å². The van der Waals surface area contributed by atoms with E-state index in [1.165, 1.54) is 27.3 Å². The first-order valence-corrected chi connectivity index (χ1v) is 15.0. The van der Waals surface area contributed by atoms with Crippen LogP contribution in [0.2, 0.25) is 0 Å². The first kappa shape index (κ1) is 29.3. The number of ether oxygens (including phenoxy) is 1. The molecule has 3 aromatic heterocycles. The Labute approximate surface area is 249 Å². The largest absolute Gasteiger partial charge is 0.453 e. The Hall–Kier alpha value is -4.22. The number of imidazole rings is 2. The predicted molar refractivity (Wildman–Crippen MR) is 167 cm³/mol. The molecule has 0 spiro atoms. The van der Waals surface area contributed by atoms with Crippen molar-refractivity contribution in [3.8, 4) is 22.5 Å². The van der Waals surface area contributed by atoms with Gasteiger partial charge in [0.2, 0.25) is 5.91 Å². The van der Waals surface area contributed by atoms with Gasteiger partial charge in [-0.3, -0.25) is 9.69 Å². The zero-order valence-electron chi connectivity index (χ0n) is 24.5. The Balaban J connectivity index is 1.33. The van der Waals surface area contributed by atoms with Gasteiger partial charge in [0.1, 0.15) is 18.2 Å². The second kappa shape index (κ2) is 13.2. The molecule has 2 aromatic carbocycles. The Morgan fingerprint density at radius 3 is 2.00 bits per heavy atom. The number of nitrogens with zero attached hydrogens (tertiary/aromatic N) is 4. The lowest BCUT2D eigenvalue weighted by Gasteiger charge is -2.21. The summed E-state index contributed by atoms with van der Waals surface area (Å²) in [6.07, 6.45) is 5.00. The number of methoxy groups -OCH3 is 1. The van der Waals surface area contributed by atoms with Gasteiger partial charge < -0.3 is 24.9 Å². The van der Waals surface area contributed by atoms with Gasteiger partial charge >= 0.3 is 6.09 Å². The molecule has 2 amide bonds. The number of carbonyl (C=O) groups excluding carboxylic acids is 2. The lowest BCUT2D eigenvalue weighted by Crippen LogP contribution is -2.40. The number of carbonyl (C=O) groups is 2. The number of aromatic amines is 2. The minimum atomic E-state index is -0.630. The molecule has 0 aliphatic rings. The molecule has 0 aliphatic heterocycles. The summed E-state index contributed by atoms with van der Waals surface area (Å²) < 4.78 is 6.98. The molecule has 10 nitrogen and oxygen atoms in total. The Morgan fingerprint density at radius 1 is 0.881 bits per heavy atom. The first-order valence-electron chi connectivity index (χ1n) is 14.2. The standard InChI is InChI=1S/C31H37N7O3S/c1-5-11-37(3)18-28-32-15-24(35-28)20-7-9-22-23-10-8-21(14-27(23)42-26(22)13-20)25-16-33-29(36-25)19-38(12-6-2)30(39)17-34-31(40)41-4/h7-10,13-16H,5-6,11-12,17-19H2,1-4H3,(H,32,35)(H,33,36)(H,34,40). The van der Waals surface area contributed by atoms with Crippen LogP contribution in [0.1, 0.15) is 38.3 Å². The maximum Gasteiger partial charge on any atom is 0.407 e. The van der Waals surface area contributed by atoms with E-state index in [1.54, 1.807) is 22.4 Å². The number of alkyl carbamates (subject to hydrolysis) is 1. The molecule has 0 unspecified atom stereocenters. The summed E-state index contributed by atoms with van der Waals surface area (Å²) in [6.45, 7) is 6.79. The second-order valence-electron chi connectivity index (χ2n) is 10.4. The average molecular weight is 588 g/mol. The SMILES string of the molecule is CCCN(C)Cc1ncc(-c2ccc3c(c2)sc2cc(-c4cnc(CN(CCC)C(=O)CNC(=O)OC)[nH]4)ccc23)[nH]1. The van der Waals surface area contributed by atoms with Crippen molar-refractivity contribution in [1.29, 1.82) is 0 Å². The molecule has 42 heavy (non-hydrogen) atoms. The van der Waals surface area contributed by atoms with Crippen LogP contribution in [-0.2, 0) is 22.6 Å². The highest BCUT2D eigenvalue weighted by molar-refractivity contribution is 7.25. The molecule has 5 aromatic rings. The van der Waals surface area contributed by atoms with Crippen LogP contribution in [0.4, 0.5) is 4.79 Å². The Kier molecular flexibility index (Phi) is 9.19. The Morgan fingerprint density at radius 2 is 1.45 bits per heavy atom. The first-order chi connectivity index (χ1) is 20.4. The topological polar surface area (TPSA) is 119 Å². The zero-order valence-corrected chi connectivity index (χ0v) is 25.3. The molecule has 0 radical (unpaired) electrons. The summed E-state index contributed by atoms with van der Waals surface area (Å²) in [7, 11) is 3.38. The van der Waals surface area contributed by atoms with E-state index in [0.29, 0.717) is 18.9 Å². The summed E-state index contributed by atoms with van der Waals surface area (Å²) in [5.74, 6) is 1.47. The minimum Gasteiger partial charge on any atom is -0.453 e. The predicted octanol–water partition coefficient (Wildman–Crippen LogP) is 5.77. The van der Waals surface area contributed by atoms with E-state index >= 15 is 0 Å². The van der Waals surface area contributed by atoms with E-state index in [0.717, 1.165) is 54.3 Å². The minimum absolute atomic E-state index is 0.123. The maximum absolute atomic E-state index is 12.7. The lowest BCUT2D eigenvalue weighted by molar-refractivity contribution is -0.130. The molecule has 3 heterocycles. The molecule has 0 aliphatic carbocycles. The van der Waals surface area contributed by atoms with Crippen molar-refractivity contribution >= 4 is 43.5 Å². The number of rotatable bonds is 12. The van der Waals surface area contributed by atoms with Crippen LogP contribution in [0.15, 0.2) is 48.8 Å². The van der Waals surface area contributed by atoms with Gasteiger partial charge in [-0.25, -0.2) is 14.8 Å². The highest BCUT2D eigenvalue weighted by atomic mass is 32.1. The third-order valence-electron chi connectivity index (χ3n) is 7.13. The summed E-state index contributed by atoms with van der Waals surface area (Å²) in [6, 6.07) is 13.0. The molecular weight excluding hydrogens is 550 g/mol. The van der Waals surface area contributed by atoms with Crippen molar-refractivity contribution in [1.82, 2.24) is 35.1 Å². The molecule has 220 valence electrons. The smallest absolute Gasteiger partial charge is 0.407 e. The normalized spacial score (nSPS) is 11.5. The molecule has 0 atom stereocenters. The summed E-state index contributed by atoms with van der Waals surface area (Å²) in [4.78, 5) is 44.0. The highest BCUT2D eigenvalue weighted by Gasteiger charge is 2.17. The van der Waals surface area contributed by atoms with Gasteiger partial charge in [0, 0.05) is 37.8 Å². The lowest BCUT2D eigenvalue weighted by atomic mass is 10.1. The molecular formula is C31H37N7O3S. The van der Waals surface area contributed by atoms with Gasteiger partial charge in [0.15, 0.2) is 0 Å². The quantitative estimate of drug-likeness (QED) is 0.171. The number of hydrogen-bond donors (Lipinski definition) is 3. The number of benzene rings is 2. The van der Waals surface area contributed by atoms with E-state index in [2.05, 4.69) is 85.3 Å². The molecule has 5 rings (SSSR count). The average Bonchev–Trinajstić information content (AvgIpc) is 3.73. The molecule has 0 fully saturated rings. The number of H-pyrrole nitrogens is 2.